The van der Waals surface area contributed by atoms with Gasteiger partial charge in [-0.3, -0.25) is 0 Å². The third kappa shape index (κ3) is 2.77. The van der Waals surface area contributed by atoms with Gasteiger partial charge in [0.25, 0.3) is 0 Å². The molecule has 1 aromatic carbocycles. The van der Waals surface area contributed by atoms with Crippen LogP contribution in [-0.4, -0.2) is 6.26 Å². The van der Waals surface area contributed by atoms with Gasteiger partial charge in [-0.15, -0.1) is 11.8 Å². The lowest BCUT2D eigenvalue weighted by Crippen LogP contribution is -1.94. The SMILES string of the molecule is CCC(CC)c1ccc(SC)cc1. The third-order valence-electron chi connectivity index (χ3n) is 2.57. The summed E-state index contributed by atoms with van der Waals surface area (Å²) in [7, 11) is 0. The summed E-state index contributed by atoms with van der Waals surface area (Å²) < 4.78 is 0. The molecule has 13 heavy (non-hydrogen) atoms. The molecule has 0 saturated carbocycles. The van der Waals surface area contributed by atoms with Gasteiger partial charge in [-0.05, 0) is 42.7 Å². The quantitative estimate of drug-likeness (QED) is 0.643. The summed E-state index contributed by atoms with van der Waals surface area (Å²) in [6.45, 7) is 4.52. The van der Waals surface area contributed by atoms with Crippen LogP contribution in [0, 0.1) is 0 Å². The molecule has 1 rings (SSSR count). The molecule has 0 aliphatic rings. The summed E-state index contributed by atoms with van der Waals surface area (Å²) in [6.07, 6.45) is 4.61. The summed E-state index contributed by atoms with van der Waals surface area (Å²) in [4.78, 5) is 1.36. The van der Waals surface area contributed by atoms with Crippen LogP contribution < -0.4 is 0 Å². The van der Waals surface area contributed by atoms with Crippen molar-refractivity contribution < 1.29 is 0 Å². The van der Waals surface area contributed by atoms with Gasteiger partial charge in [0.05, 0.1) is 0 Å². The molecule has 0 aliphatic heterocycles. The summed E-state index contributed by atoms with van der Waals surface area (Å²) in [5, 5.41) is 0. The van der Waals surface area contributed by atoms with Gasteiger partial charge in [0, 0.05) is 4.90 Å². The zero-order chi connectivity index (χ0) is 9.68. The minimum absolute atomic E-state index is 0.746. The average molecular weight is 194 g/mol. The smallest absolute Gasteiger partial charge is 0.00693 e. The molecule has 0 spiro atoms. The Kier molecular flexibility index (Phi) is 4.37. The van der Waals surface area contributed by atoms with Gasteiger partial charge >= 0.3 is 0 Å². The number of hydrogen-bond donors (Lipinski definition) is 0. The standard InChI is InChI=1S/C12H18S/c1-4-10(5-2)11-6-8-12(13-3)9-7-11/h6-10H,4-5H2,1-3H3. The van der Waals surface area contributed by atoms with Crippen LogP contribution in [0.4, 0.5) is 0 Å². The average Bonchev–Trinajstić information content (AvgIpc) is 2.21. The van der Waals surface area contributed by atoms with Crippen LogP contribution in [0.3, 0.4) is 0 Å². The van der Waals surface area contributed by atoms with Crippen molar-refractivity contribution in [2.75, 3.05) is 6.26 Å². The van der Waals surface area contributed by atoms with Crippen molar-refractivity contribution in [2.24, 2.45) is 0 Å². The second-order valence-electron chi connectivity index (χ2n) is 3.29. The van der Waals surface area contributed by atoms with Gasteiger partial charge in [0.1, 0.15) is 0 Å². The second kappa shape index (κ2) is 5.33. The van der Waals surface area contributed by atoms with Gasteiger partial charge in [-0.25, -0.2) is 0 Å². The Morgan fingerprint density at radius 3 is 2.00 bits per heavy atom. The van der Waals surface area contributed by atoms with Gasteiger partial charge in [-0.1, -0.05) is 26.0 Å². The first-order valence-electron chi connectivity index (χ1n) is 4.95. The first kappa shape index (κ1) is 10.6. The fraction of sp³-hybridized carbons (Fsp3) is 0.500. The molecule has 0 amide bonds. The number of thioether (sulfide) groups is 1. The predicted molar refractivity (Wildman–Crippen MR) is 61.5 cm³/mol. The van der Waals surface area contributed by atoms with E-state index in [2.05, 4.69) is 44.4 Å². The van der Waals surface area contributed by atoms with Crippen molar-refractivity contribution in [2.45, 2.75) is 37.5 Å². The Labute approximate surface area is 85.7 Å². The van der Waals surface area contributed by atoms with Crippen molar-refractivity contribution in [3.63, 3.8) is 0 Å². The van der Waals surface area contributed by atoms with Crippen molar-refractivity contribution >= 4 is 11.8 Å². The molecule has 72 valence electrons. The molecule has 0 saturated heterocycles. The molecule has 0 fully saturated rings. The van der Waals surface area contributed by atoms with E-state index in [-0.39, 0.29) is 0 Å². The van der Waals surface area contributed by atoms with E-state index in [1.54, 1.807) is 11.8 Å². The zero-order valence-electron chi connectivity index (χ0n) is 8.71. The largest absolute Gasteiger partial charge is 0.130 e. The van der Waals surface area contributed by atoms with Crippen molar-refractivity contribution in [1.82, 2.24) is 0 Å². The number of benzene rings is 1. The first-order valence-corrected chi connectivity index (χ1v) is 6.18. The lowest BCUT2D eigenvalue weighted by atomic mass is 9.94. The van der Waals surface area contributed by atoms with E-state index >= 15 is 0 Å². The molecule has 0 atom stereocenters. The molecule has 1 heteroatoms. The Bertz CT molecular complexity index is 234. The highest BCUT2D eigenvalue weighted by atomic mass is 32.2. The highest BCUT2D eigenvalue weighted by Gasteiger charge is 2.05. The molecular weight excluding hydrogens is 176 g/mol. The van der Waals surface area contributed by atoms with Gasteiger partial charge in [0.2, 0.25) is 0 Å². The van der Waals surface area contributed by atoms with E-state index < -0.39 is 0 Å². The Hall–Kier alpha value is -0.430. The van der Waals surface area contributed by atoms with Crippen molar-refractivity contribution in [1.29, 1.82) is 0 Å². The molecule has 0 aromatic heterocycles. The van der Waals surface area contributed by atoms with Crippen molar-refractivity contribution in [3.8, 4) is 0 Å². The zero-order valence-corrected chi connectivity index (χ0v) is 9.53. The van der Waals surface area contributed by atoms with E-state index in [1.165, 1.54) is 23.3 Å². The van der Waals surface area contributed by atoms with Crippen LogP contribution in [0.5, 0.6) is 0 Å². The van der Waals surface area contributed by atoms with Crippen LogP contribution in [0.15, 0.2) is 29.2 Å². The highest BCUT2D eigenvalue weighted by molar-refractivity contribution is 7.98. The minimum Gasteiger partial charge on any atom is -0.130 e. The molecule has 0 bridgehead atoms. The van der Waals surface area contributed by atoms with Crippen LogP contribution >= 0.6 is 11.8 Å². The topological polar surface area (TPSA) is 0 Å². The number of rotatable bonds is 4. The van der Waals surface area contributed by atoms with E-state index in [0.29, 0.717) is 0 Å². The molecule has 1 aromatic rings. The monoisotopic (exact) mass is 194 g/mol. The van der Waals surface area contributed by atoms with E-state index in [0.717, 1.165) is 5.92 Å². The minimum atomic E-state index is 0.746. The third-order valence-corrected chi connectivity index (χ3v) is 3.32. The Morgan fingerprint density at radius 2 is 1.62 bits per heavy atom. The fourth-order valence-corrected chi connectivity index (χ4v) is 2.04. The maximum atomic E-state index is 2.27. The maximum Gasteiger partial charge on any atom is 0.00693 e. The normalized spacial score (nSPS) is 10.8. The molecular formula is C12H18S. The molecule has 0 N–H and O–H groups in total. The highest BCUT2D eigenvalue weighted by Crippen LogP contribution is 2.24. The van der Waals surface area contributed by atoms with Crippen LogP contribution in [-0.2, 0) is 0 Å². The lowest BCUT2D eigenvalue weighted by molar-refractivity contribution is 0.641. The van der Waals surface area contributed by atoms with Crippen LogP contribution in [0.25, 0.3) is 0 Å². The second-order valence-corrected chi connectivity index (χ2v) is 4.17. The molecule has 0 nitrogen and oxygen atoms in total. The summed E-state index contributed by atoms with van der Waals surface area (Å²) in [5.41, 5.74) is 1.49. The number of hydrogen-bond acceptors (Lipinski definition) is 1. The molecule has 0 radical (unpaired) electrons. The van der Waals surface area contributed by atoms with Gasteiger partial charge in [-0.2, -0.15) is 0 Å². The molecule has 0 heterocycles. The van der Waals surface area contributed by atoms with E-state index in [9.17, 15) is 0 Å². The molecule has 0 aliphatic carbocycles. The van der Waals surface area contributed by atoms with E-state index in [4.69, 9.17) is 0 Å². The van der Waals surface area contributed by atoms with E-state index in [1.807, 2.05) is 0 Å². The predicted octanol–water partition coefficient (Wildman–Crippen LogP) is 4.31. The van der Waals surface area contributed by atoms with Gasteiger partial charge in [0.15, 0.2) is 0 Å². The van der Waals surface area contributed by atoms with Crippen LogP contribution in [0.1, 0.15) is 38.2 Å². The van der Waals surface area contributed by atoms with Crippen LogP contribution in [0.2, 0.25) is 0 Å². The maximum absolute atomic E-state index is 2.27. The summed E-state index contributed by atoms with van der Waals surface area (Å²) >= 11 is 1.80. The summed E-state index contributed by atoms with van der Waals surface area (Å²) in [5.74, 6) is 0.746. The summed E-state index contributed by atoms with van der Waals surface area (Å²) in [6, 6.07) is 8.98. The fourth-order valence-electron chi connectivity index (χ4n) is 1.64. The first-order chi connectivity index (χ1) is 6.31. The Morgan fingerprint density at radius 1 is 1.08 bits per heavy atom. The Balaban J connectivity index is 2.78. The van der Waals surface area contributed by atoms with Gasteiger partial charge < -0.3 is 0 Å². The lowest BCUT2D eigenvalue weighted by Gasteiger charge is -2.12. The van der Waals surface area contributed by atoms with Crippen molar-refractivity contribution in [3.05, 3.63) is 29.8 Å². The molecule has 0 unspecified atom stereocenters.